The highest BCUT2D eigenvalue weighted by molar-refractivity contribution is 8.18. The first kappa shape index (κ1) is 13.1. The van der Waals surface area contributed by atoms with Gasteiger partial charge in [0.05, 0.1) is 6.42 Å². The number of fused-ring (bicyclic) bond motifs is 1. The zero-order valence-corrected chi connectivity index (χ0v) is 10.8. The van der Waals surface area contributed by atoms with E-state index in [1.165, 1.54) is 11.8 Å². The number of benzene rings is 1. The molecule has 2 atom stereocenters. The Morgan fingerprint density at radius 1 is 1.39 bits per heavy atom. The van der Waals surface area contributed by atoms with Crippen LogP contribution in [0.5, 0.6) is 0 Å². The van der Waals surface area contributed by atoms with Crippen LogP contribution in [0.2, 0.25) is 0 Å². The van der Waals surface area contributed by atoms with Gasteiger partial charge in [-0.25, -0.2) is 0 Å². The molecule has 0 saturated carbocycles. The third kappa shape index (κ3) is 3.11. The van der Waals surface area contributed by atoms with Gasteiger partial charge in [0, 0.05) is 10.6 Å². The third-order valence-corrected chi connectivity index (χ3v) is 4.94. The van der Waals surface area contributed by atoms with Crippen LogP contribution in [0.3, 0.4) is 0 Å². The van der Waals surface area contributed by atoms with Gasteiger partial charge in [0.1, 0.15) is 9.96 Å². The minimum Gasteiger partial charge on any atom is -0.481 e. The van der Waals surface area contributed by atoms with E-state index in [1.54, 1.807) is 0 Å². The number of anilines is 1. The molecule has 2 rings (SSSR count). The average Bonchev–Trinajstić information content (AvgIpc) is 2.69. The molecule has 1 heterocycles. The molecule has 7 heteroatoms. The van der Waals surface area contributed by atoms with Crippen molar-refractivity contribution in [3.8, 4) is 0 Å². The number of para-hydroxylation sites is 1. The van der Waals surface area contributed by atoms with E-state index in [4.69, 9.17) is 10.2 Å². The fraction of sp³-hybridized carbons (Fsp3) is 0.273. The van der Waals surface area contributed by atoms with E-state index in [9.17, 15) is 9.59 Å². The standard InChI is InChI=1S/C11H11NO4S2/c13-9(14)5-8(10(15)16)18-11-12-6-3-1-2-4-7(6)17-11/h1-4,8,11-12H,5H2,(H,13,14)(H,15,16)/t8-,11-/m1/s1. The van der Waals surface area contributed by atoms with Crippen molar-refractivity contribution in [3.05, 3.63) is 24.3 Å². The van der Waals surface area contributed by atoms with Crippen LogP contribution in [0.4, 0.5) is 5.69 Å². The Balaban J connectivity index is 1.99. The van der Waals surface area contributed by atoms with Gasteiger partial charge in [0.2, 0.25) is 0 Å². The maximum absolute atomic E-state index is 11.0. The molecule has 0 saturated heterocycles. The summed E-state index contributed by atoms with van der Waals surface area (Å²) in [5, 5.41) is 19.9. The maximum atomic E-state index is 11.0. The van der Waals surface area contributed by atoms with Crippen molar-refractivity contribution >= 4 is 41.1 Å². The smallest absolute Gasteiger partial charge is 0.317 e. The van der Waals surface area contributed by atoms with Crippen LogP contribution >= 0.6 is 23.5 Å². The summed E-state index contributed by atoms with van der Waals surface area (Å²) < 4.78 is -0.164. The number of aliphatic carboxylic acids is 2. The van der Waals surface area contributed by atoms with Crippen LogP contribution in [0.1, 0.15) is 6.42 Å². The van der Waals surface area contributed by atoms with Crippen molar-refractivity contribution in [1.29, 1.82) is 0 Å². The van der Waals surface area contributed by atoms with E-state index in [1.807, 2.05) is 24.3 Å². The molecular weight excluding hydrogens is 274 g/mol. The molecule has 0 aromatic heterocycles. The Morgan fingerprint density at radius 2 is 2.11 bits per heavy atom. The first-order valence-electron chi connectivity index (χ1n) is 5.18. The molecule has 3 N–H and O–H groups in total. The molecule has 1 aliphatic heterocycles. The molecule has 1 aliphatic rings. The highest BCUT2D eigenvalue weighted by Crippen LogP contribution is 2.44. The third-order valence-electron chi connectivity index (χ3n) is 2.32. The number of hydrogen-bond donors (Lipinski definition) is 3. The van der Waals surface area contributed by atoms with Gasteiger partial charge < -0.3 is 15.5 Å². The van der Waals surface area contributed by atoms with Crippen LogP contribution in [0.25, 0.3) is 0 Å². The van der Waals surface area contributed by atoms with Crippen LogP contribution in [0, 0.1) is 0 Å². The van der Waals surface area contributed by atoms with Gasteiger partial charge in [-0.15, -0.1) is 11.8 Å². The fourth-order valence-corrected chi connectivity index (χ4v) is 4.14. The van der Waals surface area contributed by atoms with Crippen molar-refractivity contribution < 1.29 is 19.8 Å². The lowest BCUT2D eigenvalue weighted by atomic mass is 10.3. The lowest BCUT2D eigenvalue weighted by molar-refractivity contribution is -0.142. The number of thioether (sulfide) groups is 2. The first-order chi connectivity index (χ1) is 8.56. The Morgan fingerprint density at radius 3 is 2.72 bits per heavy atom. The molecule has 96 valence electrons. The summed E-state index contributed by atoms with van der Waals surface area (Å²) in [4.78, 5) is 22.6. The molecule has 0 aliphatic carbocycles. The molecule has 1 aromatic rings. The van der Waals surface area contributed by atoms with E-state index in [0.29, 0.717) is 0 Å². The Labute approximate surface area is 112 Å². The SMILES string of the molecule is O=C(O)C[C@@H](S[C@@H]1Nc2ccccc2S1)C(=O)O. The average molecular weight is 285 g/mol. The summed E-state index contributed by atoms with van der Waals surface area (Å²) in [6.07, 6.45) is -0.380. The van der Waals surface area contributed by atoms with Crippen molar-refractivity contribution in [2.75, 3.05) is 5.32 Å². The van der Waals surface area contributed by atoms with E-state index >= 15 is 0 Å². The molecule has 1 aromatic carbocycles. The van der Waals surface area contributed by atoms with Crippen LogP contribution in [-0.4, -0.2) is 32.1 Å². The number of nitrogens with one attached hydrogen (secondary N) is 1. The summed E-state index contributed by atoms with van der Waals surface area (Å²) in [5.74, 6) is -2.20. The summed E-state index contributed by atoms with van der Waals surface area (Å²) in [6, 6.07) is 7.66. The van der Waals surface area contributed by atoms with Crippen molar-refractivity contribution in [2.24, 2.45) is 0 Å². The highest BCUT2D eigenvalue weighted by Gasteiger charge is 2.29. The van der Waals surface area contributed by atoms with Crippen LogP contribution < -0.4 is 5.32 Å². The van der Waals surface area contributed by atoms with Crippen molar-refractivity contribution in [2.45, 2.75) is 21.3 Å². The molecular formula is C11H11NO4S2. The monoisotopic (exact) mass is 285 g/mol. The van der Waals surface area contributed by atoms with E-state index in [2.05, 4.69) is 5.32 Å². The topological polar surface area (TPSA) is 86.6 Å². The predicted molar refractivity (Wildman–Crippen MR) is 71.0 cm³/mol. The molecule has 0 fully saturated rings. The van der Waals surface area contributed by atoms with Gasteiger partial charge in [-0.1, -0.05) is 23.9 Å². The maximum Gasteiger partial charge on any atom is 0.317 e. The zero-order chi connectivity index (χ0) is 13.1. The lowest BCUT2D eigenvalue weighted by Crippen LogP contribution is -2.24. The number of hydrogen-bond acceptors (Lipinski definition) is 5. The van der Waals surface area contributed by atoms with E-state index in [0.717, 1.165) is 22.3 Å². The molecule has 0 radical (unpaired) electrons. The van der Waals surface area contributed by atoms with Gasteiger partial charge in [-0.05, 0) is 12.1 Å². The van der Waals surface area contributed by atoms with Crippen molar-refractivity contribution in [3.63, 3.8) is 0 Å². The Bertz CT molecular complexity index is 455. The molecule has 0 bridgehead atoms. The van der Waals surface area contributed by atoms with Gasteiger partial charge in [0.25, 0.3) is 0 Å². The summed E-state index contributed by atoms with van der Waals surface area (Å²) >= 11 is 2.62. The largest absolute Gasteiger partial charge is 0.481 e. The molecule has 0 spiro atoms. The van der Waals surface area contributed by atoms with Gasteiger partial charge in [-0.3, -0.25) is 9.59 Å². The highest BCUT2D eigenvalue weighted by atomic mass is 32.2. The van der Waals surface area contributed by atoms with Gasteiger partial charge in [0.15, 0.2) is 0 Å². The molecule has 18 heavy (non-hydrogen) atoms. The number of rotatable bonds is 5. The minimum absolute atomic E-state index is 0.164. The van der Waals surface area contributed by atoms with Gasteiger partial charge in [-0.2, -0.15) is 0 Å². The van der Waals surface area contributed by atoms with Crippen molar-refractivity contribution in [1.82, 2.24) is 0 Å². The van der Waals surface area contributed by atoms with E-state index < -0.39 is 17.2 Å². The van der Waals surface area contributed by atoms with E-state index in [-0.39, 0.29) is 11.1 Å². The predicted octanol–water partition coefficient (Wildman–Crippen LogP) is 2.15. The lowest BCUT2D eigenvalue weighted by Gasteiger charge is -2.15. The molecule has 5 nitrogen and oxygen atoms in total. The minimum atomic E-state index is -1.10. The second-order valence-corrected chi connectivity index (χ2v) is 6.41. The number of carboxylic acid groups (broad SMARTS) is 2. The number of carbonyl (C=O) groups is 2. The first-order valence-corrected chi connectivity index (χ1v) is 7.01. The molecule has 0 unspecified atom stereocenters. The molecule has 0 amide bonds. The second kappa shape index (κ2) is 5.53. The van der Waals surface area contributed by atoms with Gasteiger partial charge >= 0.3 is 11.9 Å². The fourth-order valence-electron chi connectivity index (χ4n) is 1.52. The van der Waals surface area contributed by atoms with Crippen LogP contribution in [-0.2, 0) is 9.59 Å². The second-order valence-electron chi connectivity index (χ2n) is 3.65. The quantitative estimate of drug-likeness (QED) is 0.764. The number of carboxylic acids is 2. The Kier molecular flexibility index (Phi) is 4.03. The normalized spacial score (nSPS) is 18.8. The summed E-state index contributed by atoms with van der Waals surface area (Å²) in [5.41, 5.74) is 0.958. The summed E-state index contributed by atoms with van der Waals surface area (Å²) in [6.45, 7) is 0. The zero-order valence-electron chi connectivity index (χ0n) is 9.20. The Hall–Kier alpha value is -1.34. The van der Waals surface area contributed by atoms with Crippen LogP contribution in [0.15, 0.2) is 29.2 Å². The summed E-state index contributed by atoms with van der Waals surface area (Å²) in [7, 11) is 0.